The second-order valence-electron chi connectivity index (χ2n) is 5.38. The highest BCUT2D eigenvalue weighted by Gasteiger charge is 2.09. The monoisotopic (exact) mass is 294 g/mol. The van der Waals surface area contributed by atoms with E-state index in [0.717, 1.165) is 23.3 Å². The van der Waals surface area contributed by atoms with Gasteiger partial charge in [0, 0.05) is 20.1 Å². The fourth-order valence-electron chi connectivity index (χ4n) is 2.08. The highest BCUT2D eigenvalue weighted by atomic mass is 16.5. The summed E-state index contributed by atoms with van der Waals surface area (Å²) in [5, 5.41) is 12.0. The first-order chi connectivity index (χ1) is 9.91. The van der Waals surface area contributed by atoms with Crippen LogP contribution in [-0.4, -0.2) is 48.9 Å². The molecule has 0 fully saturated rings. The molecule has 5 nitrogen and oxygen atoms in total. The zero-order chi connectivity index (χ0) is 15.8. The molecule has 0 saturated heterocycles. The van der Waals surface area contributed by atoms with Crippen molar-refractivity contribution in [2.24, 2.45) is 0 Å². The summed E-state index contributed by atoms with van der Waals surface area (Å²) in [6.07, 6.45) is 0.218. The maximum atomic E-state index is 11.7. The molecule has 0 heterocycles. The number of carbonyl (C=O) groups is 1. The number of para-hydroxylation sites is 1. The third-order valence-electron chi connectivity index (χ3n) is 3.14. The minimum atomic E-state index is -0.520. The van der Waals surface area contributed by atoms with Crippen LogP contribution in [0.3, 0.4) is 0 Å². The standard InChI is InChI=1S/C16H26N2O3/c1-12-7-5-8-13(2)15(12)21-10-6-9-17-16(20)18(4)11-14(3)19/h5,7-8,14,19H,6,9-11H2,1-4H3,(H,17,20). The molecule has 0 aromatic heterocycles. The fraction of sp³-hybridized carbons (Fsp3) is 0.562. The van der Waals surface area contributed by atoms with Crippen molar-refractivity contribution in [1.82, 2.24) is 10.2 Å². The number of nitrogens with zero attached hydrogens (tertiary/aromatic N) is 1. The van der Waals surface area contributed by atoms with E-state index >= 15 is 0 Å². The predicted octanol–water partition coefficient (Wildman–Crippen LogP) is 2.09. The van der Waals surface area contributed by atoms with Crippen molar-refractivity contribution >= 4 is 6.03 Å². The number of urea groups is 1. The number of ether oxygens (including phenoxy) is 1. The lowest BCUT2D eigenvalue weighted by Crippen LogP contribution is -2.41. The number of hydrogen-bond acceptors (Lipinski definition) is 3. The molecule has 118 valence electrons. The van der Waals surface area contributed by atoms with E-state index in [1.54, 1.807) is 14.0 Å². The van der Waals surface area contributed by atoms with Crippen molar-refractivity contribution in [2.75, 3.05) is 26.7 Å². The van der Waals surface area contributed by atoms with Crippen LogP contribution in [0.5, 0.6) is 5.75 Å². The number of aliphatic hydroxyl groups is 1. The van der Waals surface area contributed by atoms with Gasteiger partial charge in [0.1, 0.15) is 5.75 Å². The molecule has 0 aliphatic heterocycles. The van der Waals surface area contributed by atoms with Crippen LogP contribution in [-0.2, 0) is 0 Å². The molecule has 1 rings (SSSR count). The number of hydrogen-bond donors (Lipinski definition) is 2. The molecule has 0 saturated carbocycles. The summed E-state index contributed by atoms with van der Waals surface area (Å²) in [5.41, 5.74) is 2.24. The molecule has 2 N–H and O–H groups in total. The molecule has 0 radical (unpaired) electrons. The van der Waals surface area contributed by atoms with Gasteiger partial charge in [-0.2, -0.15) is 0 Å². The Balaban J connectivity index is 2.24. The molecule has 1 atom stereocenters. The van der Waals surface area contributed by atoms with Crippen LogP contribution in [0.4, 0.5) is 4.79 Å². The van der Waals surface area contributed by atoms with E-state index in [4.69, 9.17) is 4.74 Å². The highest BCUT2D eigenvalue weighted by molar-refractivity contribution is 5.73. The van der Waals surface area contributed by atoms with Crippen LogP contribution in [0.2, 0.25) is 0 Å². The largest absolute Gasteiger partial charge is 0.493 e. The van der Waals surface area contributed by atoms with Gasteiger partial charge in [0.05, 0.1) is 12.7 Å². The van der Waals surface area contributed by atoms with Gasteiger partial charge < -0.3 is 20.1 Å². The number of benzene rings is 1. The van der Waals surface area contributed by atoms with Crippen LogP contribution in [0.25, 0.3) is 0 Å². The molecule has 2 amide bonds. The molecule has 1 aromatic rings. The van der Waals surface area contributed by atoms with Crippen LogP contribution in [0.15, 0.2) is 18.2 Å². The Bertz CT molecular complexity index is 441. The normalized spacial score (nSPS) is 11.9. The van der Waals surface area contributed by atoms with Crippen molar-refractivity contribution in [1.29, 1.82) is 0 Å². The molecule has 0 aliphatic carbocycles. The van der Waals surface area contributed by atoms with Crippen molar-refractivity contribution in [3.63, 3.8) is 0 Å². The van der Waals surface area contributed by atoms with E-state index in [9.17, 15) is 9.90 Å². The number of rotatable bonds is 7. The molecule has 0 bridgehead atoms. The predicted molar refractivity (Wildman–Crippen MR) is 83.7 cm³/mol. The quantitative estimate of drug-likeness (QED) is 0.757. The number of carbonyl (C=O) groups excluding carboxylic acids is 1. The average Bonchev–Trinajstić information content (AvgIpc) is 2.40. The minimum absolute atomic E-state index is 0.178. The van der Waals surface area contributed by atoms with E-state index in [1.165, 1.54) is 4.90 Å². The molecule has 1 aromatic carbocycles. The minimum Gasteiger partial charge on any atom is -0.493 e. The number of nitrogens with one attached hydrogen (secondary N) is 1. The second-order valence-corrected chi connectivity index (χ2v) is 5.38. The molecule has 0 aliphatic rings. The van der Waals surface area contributed by atoms with Gasteiger partial charge in [-0.3, -0.25) is 0 Å². The first kappa shape index (κ1) is 17.3. The maximum absolute atomic E-state index is 11.7. The molecule has 21 heavy (non-hydrogen) atoms. The summed E-state index contributed by atoms with van der Waals surface area (Å²) in [4.78, 5) is 13.2. The summed E-state index contributed by atoms with van der Waals surface area (Å²) < 4.78 is 5.77. The van der Waals surface area contributed by atoms with Crippen LogP contribution in [0, 0.1) is 13.8 Å². The number of aryl methyl sites for hydroxylation is 2. The zero-order valence-corrected chi connectivity index (χ0v) is 13.3. The summed E-state index contributed by atoms with van der Waals surface area (Å²) >= 11 is 0. The van der Waals surface area contributed by atoms with E-state index in [1.807, 2.05) is 32.0 Å². The molecule has 5 heteroatoms. The smallest absolute Gasteiger partial charge is 0.317 e. The number of likely N-dealkylation sites (N-methyl/N-ethyl adjacent to an activating group) is 1. The van der Waals surface area contributed by atoms with Gasteiger partial charge in [0.25, 0.3) is 0 Å². The average molecular weight is 294 g/mol. The third kappa shape index (κ3) is 6.04. The first-order valence-corrected chi connectivity index (χ1v) is 7.28. The Labute approximate surface area is 126 Å². The molecular weight excluding hydrogens is 268 g/mol. The van der Waals surface area contributed by atoms with Crippen LogP contribution in [0.1, 0.15) is 24.5 Å². The lowest BCUT2D eigenvalue weighted by atomic mass is 10.1. The van der Waals surface area contributed by atoms with E-state index in [2.05, 4.69) is 5.32 Å². The van der Waals surface area contributed by atoms with Gasteiger partial charge in [-0.1, -0.05) is 18.2 Å². The summed E-state index contributed by atoms with van der Waals surface area (Å²) in [5.74, 6) is 0.926. The number of aliphatic hydroxyl groups excluding tert-OH is 1. The third-order valence-corrected chi connectivity index (χ3v) is 3.14. The fourth-order valence-corrected chi connectivity index (χ4v) is 2.08. The van der Waals surface area contributed by atoms with Crippen LogP contribution >= 0.6 is 0 Å². The maximum Gasteiger partial charge on any atom is 0.317 e. The summed E-state index contributed by atoms with van der Waals surface area (Å²) in [6, 6.07) is 5.88. The van der Waals surface area contributed by atoms with Gasteiger partial charge in [0.2, 0.25) is 0 Å². The van der Waals surface area contributed by atoms with Gasteiger partial charge in [-0.15, -0.1) is 0 Å². The van der Waals surface area contributed by atoms with Gasteiger partial charge in [-0.25, -0.2) is 4.79 Å². The van der Waals surface area contributed by atoms with Crippen LogP contribution < -0.4 is 10.1 Å². The summed E-state index contributed by atoms with van der Waals surface area (Å²) in [6.45, 7) is 7.14. The van der Waals surface area contributed by atoms with Gasteiger partial charge in [-0.05, 0) is 38.3 Å². The molecular formula is C16H26N2O3. The molecule has 1 unspecified atom stereocenters. The molecule has 0 spiro atoms. The van der Waals surface area contributed by atoms with E-state index < -0.39 is 6.10 Å². The van der Waals surface area contributed by atoms with Crippen molar-refractivity contribution in [2.45, 2.75) is 33.3 Å². The Kier molecular flexibility index (Phi) is 7.02. The van der Waals surface area contributed by atoms with Crippen molar-refractivity contribution in [3.05, 3.63) is 29.3 Å². The lowest BCUT2D eigenvalue weighted by molar-refractivity contribution is 0.143. The Morgan fingerprint density at radius 1 is 1.38 bits per heavy atom. The first-order valence-electron chi connectivity index (χ1n) is 7.28. The number of amides is 2. The Morgan fingerprint density at radius 2 is 2.00 bits per heavy atom. The van der Waals surface area contributed by atoms with Gasteiger partial charge in [0.15, 0.2) is 0 Å². The SMILES string of the molecule is Cc1cccc(C)c1OCCCNC(=O)N(C)CC(C)O. The Morgan fingerprint density at radius 3 is 2.57 bits per heavy atom. The van der Waals surface area contributed by atoms with Crippen molar-refractivity contribution in [3.8, 4) is 5.75 Å². The lowest BCUT2D eigenvalue weighted by Gasteiger charge is -2.19. The van der Waals surface area contributed by atoms with E-state index in [-0.39, 0.29) is 6.03 Å². The topological polar surface area (TPSA) is 61.8 Å². The van der Waals surface area contributed by atoms with Gasteiger partial charge >= 0.3 is 6.03 Å². The summed E-state index contributed by atoms with van der Waals surface area (Å²) in [7, 11) is 1.66. The highest BCUT2D eigenvalue weighted by Crippen LogP contribution is 2.22. The van der Waals surface area contributed by atoms with E-state index in [0.29, 0.717) is 19.7 Å². The van der Waals surface area contributed by atoms with Crippen molar-refractivity contribution < 1.29 is 14.6 Å². The Hall–Kier alpha value is -1.75. The zero-order valence-electron chi connectivity index (χ0n) is 13.3. The second kappa shape index (κ2) is 8.52.